The Morgan fingerprint density at radius 2 is 2.55 bits per heavy atom. The van der Waals surface area contributed by atoms with Crippen molar-refractivity contribution in [2.75, 3.05) is 0 Å². The monoisotopic (exact) mass is 218 g/mol. The summed E-state index contributed by atoms with van der Waals surface area (Å²) in [5, 5.41) is 8.43. The summed E-state index contributed by atoms with van der Waals surface area (Å²) in [5.74, 6) is -0.324. The van der Waals surface area contributed by atoms with E-state index in [0.29, 0.717) is 5.82 Å². The van der Waals surface area contributed by atoms with Gasteiger partial charge in [0.05, 0.1) is 6.20 Å². The summed E-state index contributed by atoms with van der Waals surface area (Å²) < 4.78 is 2.47. The van der Waals surface area contributed by atoms with E-state index >= 15 is 0 Å². The zero-order chi connectivity index (χ0) is 8.43. The molecule has 1 heterocycles. The first kappa shape index (κ1) is 8.26. The smallest absolute Gasteiger partial charge is 0.311 e. The molecule has 0 atom stereocenters. The molecule has 0 spiro atoms. The molecule has 0 fully saturated rings. The standard InChI is InChI=1S/C6H7BrN2O2/c1-9-4(7)3-8-5(9)2-6(10)11/h3H,2H2,1H3,(H,10,11). The van der Waals surface area contributed by atoms with Crippen LogP contribution in [-0.4, -0.2) is 20.6 Å². The van der Waals surface area contributed by atoms with E-state index in [-0.39, 0.29) is 6.42 Å². The van der Waals surface area contributed by atoms with Crippen molar-refractivity contribution in [3.63, 3.8) is 0 Å². The van der Waals surface area contributed by atoms with E-state index in [0.717, 1.165) is 4.60 Å². The molecule has 0 saturated carbocycles. The van der Waals surface area contributed by atoms with Crippen LogP contribution in [0.15, 0.2) is 10.8 Å². The fraction of sp³-hybridized carbons (Fsp3) is 0.333. The number of halogens is 1. The molecule has 0 aliphatic heterocycles. The number of hydrogen-bond acceptors (Lipinski definition) is 2. The highest BCUT2D eigenvalue weighted by Gasteiger charge is 2.07. The molecule has 0 amide bonds. The van der Waals surface area contributed by atoms with Crippen molar-refractivity contribution in [3.05, 3.63) is 16.6 Å². The van der Waals surface area contributed by atoms with Crippen LogP contribution >= 0.6 is 15.9 Å². The van der Waals surface area contributed by atoms with Crippen molar-refractivity contribution in [3.8, 4) is 0 Å². The normalized spacial score (nSPS) is 10.0. The van der Waals surface area contributed by atoms with Gasteiger partial charge in [-0.15, -0.1) is 0 Å². The maximum Gasteiger partial charge on any atom is 0.311 e. The van der Waals surface area contributed by atoms with Crippen molar-refractivity contribution >= 4 is 21.9 Å². The van der Waals surface area contributed by atoms with Gasteiger partial charge in [-0.3, -0.25) is 4.79 Å². The summed E-state index contributed by atoms with van der Waals surface area (Å²) in [7, 11) is 1.76. The van der Waals surface area contributed by atoms with Crippen LogP contribution in [0, 0.1) is 0 Å². The minimum absolute atomic E-state index is 0.0396. The summed E-state index contributed by atoms with van der Waals surface area (Å²) in [5.41, 5.74) is 0. The van der Waals surface area contributed by atoms with Gasteiger partial charge in [0, 0.05) is 7.05 Å². The van der Waals surface area contributed by atoms with Gasteiger partial charge in [-0.2, -0.15) is 0 Å². The molecule has 0 aliphatic carbocycles. The van der Waals surface area contributed by atoms with Crippen molar-refractivity contribution in [1.82, 2.24) is 9.55 Å². The Bertz CT molecular complexity index is 282. The Morgan fingerprint density at radius 1 is 1.91 bits per heavy atom. The average Bonchev–Trinajstić information content (AvgIpc) is 2.18. The number of carboxylic acid groups (broad SMARTS) is 1. The number of aromatic nitrogens is 2. The van der Waals surface area contributed by atoms with Crippen LogP contribution < -0.4 is 0 Å². The molecule has 0 saturated heterocycles. The minimum Gasteiger partial charge on any atom is -0.481 e. The Balaban J connectivity index is 2.87. The fourth-order valence-electron chi connectivity index (χ4n) is 0.724. The lowest BCUT2D eigenvalue weighted by molar-refractivity contribution is -0.136. The molecule has 1 rings (SSSR count). The second-order valence-corrected chi connectivity index (χ2v) is 2.94. The predicted molar refractivity (Wildman–Crippen MR) is 42.2 cm³/mol. The fourth-order valence-corrected chi connectivity index (χ4v) is 1.03. The first-order valence-electron chi connectivity index (χ1n) is 2.99. The van der Waals surface area contributed by atoms with Crippen LogP contribution in [0.2, 0.25) is 0 Å². The molecule has 0 aromatic carbocycles. The molecule has 1 aromatic heterocycles. The van der Waals surface area contributed by atoms with Crippen LogP contribution in [0.25, 0.3) is 0 Å². The number of aliphatic carboxylic acids is 1. The highest BCUT2D eigenvalue weighted by atomic mass is 79.9. The van der Waals surface area contributed by atoms with Crippen molar-refractivity contribution < 1.29 is 9.90 Å². The second kappa shape index (κ2) is 3.04. The van der Waals surface area contributed by atoms with Crippen molar-refractivity contribution in [1.29, 1.82) is 0 Å². The summed E-state index contributed by atoms with van der Waals surface area (Å²) in [6.07, 6.45) is 1.54. The Morgan fingerprint density at radius 3 is 2.91 bits per heavy atom. The van der Waals surface area contributed by atoms with Crippen LogP contribution in [0.1, 0.15) is 5.82 Å². The minimum atomic E-state index is -0.869. The summed E-state index contributed by atoms with van der Waals surface area (Å²) in [4.78, 5) is 14.2. The summed E-state index contributed by atoms with van der Waals surface area (Å²) in [6.45, 7) is 0. The van der Waals surface area contributed by atoms with Gasteiger partial charge in [-0.1, -0.05) is 0 Å². The first-order chi connectivity index (χ1) is 5.11. The molecule has 4 nitrogen and oxygen atoms in total. The second-order valence-electron chi connectivity index (χ2n) is 2.13. The number of carboxylic acids is 1. The van der Waals surface area contributed by atoms with E-state index in [1.165, 1.54) is 0 Å². The number of nitrogens with zero attached hydrogens (tertiary/aromatic N) is 2. The first-order valence-corrected chi connectivity index (χ1v) is 3.78. The Hall–Kier alpha value is -0.840. The van der Waals surface area contributed by atoms with E-state index in [2.05, 4.69) is 20.9 Å². The van der Waals surface area contributed by atoms with E-state index in [4.69, 9.17) is 5.11 Å². The van der Waals surface area contributed by atoms with Gasteiger partial charge in [0.15, 0.2) is 0 Å². The molecule has 0 radical (unpaired) electrons. The molecule has 0 aliphatic rings. The zero-order valence-electron chi connectivity index (χ0n) is 5.91. The van der Waals surface area contributed by atoms with Crippen molar-refractivity contribution in [2.45, 2.75) is 6.42 Å². The van der Waals surface area contributed by atoms with Crippen LogP contribution in [0.3, 0.4) is 0 Å². The SMILES string of the molecule is Cn1c(Br)cnc1CC(=O)O. The van der Waals surface area contributed by atoms with Gasteiger partial charge in [-0.05, 0) is 15.9 Å². The highest BCUT2D eigenvalue weighted by molar-refractivity contribution is 9.10. The molecule has 0 unspecified atom stereocenters. The molecule has 1 aromatic rings. The van der Waals surface area contributed by atoms with E-state index < -0.39 is 5.97 Å². The van der Waals surface area contributed by atoms with Gasteiger partial charge < -0.3 is 9.67 Å². The third-order valence-electron chi connectivity index (χ3n) is 1.34. The van der Waals surface area contributed by atoms with E-state index in [9.17, 15) is 4.79 Å². The lowest BCUT2D eigenvalue weighted by Crippen LogP contribution is -2.06. The number of carbonyl (C=O) groups is 1. The summed E-state index contributed by atoms with van der Waals surface area (Å²) in [6, 6.07) is 0. The largest absolute Gasteiger partial charge is 0.481 e. The molecule has 0 bridgehead atoms. The third kappa shape index (κ3) is 1.80. The van der Waals surface area contributed by atoms with E-state index in [1.807, 2.05) is 0 Å². The third-order valence-corrected chi connectivity index (χ3v) is 2.07. The van der Waals surface area contributed by atoms with Gasteiger partial charge in [-0.25, -0.2) is 4.98 Å². The van der Waals surface area contributed by atoms with Gasteiger partial charge in [0.2, 0.25) is 0 Å². The van der Waals surface area contributed by atoms with Crippen LogP contribution in [0.4, 0.5) is 0 Å². The van der Waals surface area contributed by atoms with E-state index in [1.54, 1.807) is 17.8 Å². The van der Waals surface area contributed by atoms with Gasteiger partial charge >= 0.3 is 5.97 Å². The predicted octanol–water partition coefficient (Wildman–Crippen LogP) is 0.810. The molecular weight excluding hydrogens is 212 g/mol. The Labute approximate surface area is 72.0 Å². The topological polar surface area (TPSA) is 55.1 Å². The maximum absolute atomic E-state index is 10.3. The average molecular weight is 219 g/mol. The van der Waals surface area contributed by atoms with Gasteiger partial charge in [0.25, 0.3) is 0 Å². The van der Waals surface area contributed by atoms with Crippen LogP contribution in [0.5, 0.6) is 0 Å². The molecule has 1 N–H and O–H groups in total. The highest BCUT2D eigenvalue weighted by Crippen LogP contribution is 2.10. The van der Waals surface area contributed by atoms with Gasteiger partial charge in [0.1, 0.15) is 16.8 Å². The Kier molecular flexibility index (Phi) is 2.28. The number of rotatable bonds is 2. The molecule has 11 heavy (non-hydrogen) atoms. The molecular formula is C6H7BrN2O2. The quantitative estimate of drug-likeness (QED) is 0.800. The lowest BCUT2D eigenvalue weighted by atomic mass is 10.4. The summed E-state index contributed by atoms with van der Waals surface area (Å²) >= 11 is 3.21. The lowest BCUT2D eigenvalue weighted by Gasteiger charge is -1.97. The molecule has 60 valence electrons. The molecule has 5 heteroatoms. The maximum atomic E-state index is 10.3. The van der Waals surface area contributed by atoms with Crippen LogP contribution in [-0.2, 0) is 18.3 Å². The van der Waals surface area contributed by atoms with Crippen molar-refractivity contribution in [2.24, 2.45) is 7.05 Å². The zero-order valence-corrected chi connectivity index (χ0v) is 7.50. The number of imidazole rings is 1. The number of hydrogen-bond donors (Lipinski definition) is 1.